The second-order valence-electron chi connectivity index (χ2n) is 7.12. The number of ether oxygens (including phenoxy) is 2. The highest BCUT2D eigenvalue weighted by atomic mass is 16.6. The van der Waals surface area contributed by atoms with Crippen molar-refractivity contribution in [3.63, 3.8) is 0 Å². The fourth-order valence-corrected chi connectivity index (χ4v) is 4.27. The number of carboxylic acid groups (broad SMARTS) is 1. The molecular weight excluding hydrogens is 358 g/mol. The Morgan fingerprint density at radius 3 is 2.25 bits per heavy atom. The molecule has 0 aromatic heterocycles. The van der Waals surface area contributed by atoms with Crippen molar-refractivity contribution in [1.82, 2.24) is 4.90 Å². The molecule has 146 valence electrons. The topological polar surface area (TPSA) is 76.1 Å². The van der Waals surface area contributed by atoms with Crippen molar-refractivity contribution in [2.24, 2.45) is 0 Å². The normalized spacial score (nSPS) is 20.7. The third kappa shape index (κ3) is 3.24. The minimum Gasteiger partial charge on any atom is -0.480 e. The van der Waals surface area contributed by atoms with E-state index in [2.05, 4.69) is 24.3 Å². The van der Waals surface area contributed by atoms with Crippen LogP contribution in [0.3, 0.4) is 0 Å². The smallest absolute Gasteiger partial charge is 0.410 e. The van der Waals surface area contributed by atoms with E-state index in [0.717, 1.165) is 22.3 Å². The number of fused-ring (bicyclic) bond motifs is 3. The Labute approximate surface area is 163 Å². The summed E-state index contributed by atoms with van der Waals surface area (Å²) in [6, 6.07) is 15.3. The van der Waals surface area contributed by atoms with Gasteiger partial charge < -0.3 is 14.6 Å². The Kier molecular flexibility index (Phi) is 5.05. The number of rotatable bonds is 5. The van der Waals surface area contributed by atoms with Crippen molar-refractivity contribution < 1.29 is 24.2 Å². The SMILES string of the molecule is CCO[C@@H]1C[C@@H](C(=O)O)N(C(=O)OCC2c3ccccc3-c3ccccc32)C1. The predicted molar refractivity (Wildman–Crippen MR) is 103 cm³/mol. The molecule has 1 amide bonds. The van der Waals surface area contributed by atoms with Gasteiger partial charge in [-0.2, -0.15) is 0 Å². The molecule has 0 saturated carbocycles. The van der Waals surface area contributed by atoms with Crippen LogP contribution < -0.4 is 0 Å². The molecule has 0 unspecified atom stereocenters. The number of carbonyl (C=O) groups excluding carboxylic acids is 1. The summed E-state index contributed by atoms with van der Waals surface area (Å²) in [7, 11) is 0. The molecule has 2 atom stereocenters. The van der Waals surface area contributed by atoms with Gasteiger partial charge in [-0.1, -0.05) is 48.5 Å². The molecule has 2 aromatic carbocycles. The molecule has 28 heavy (non-hydrogen) atoms. The van der Waals surface area contributed by atoms with Crippen LogP contribution in [0, 0.1) is 0 Å². The number of benzene rings is 2. The van der Waals surface area contributed by atoms with E-state index in [0.29, 0.717) is 6.61 Å². The van der Waals surface area contributed by atoms with Crippen LogP contribution >= 0.6 is 0 Å². The van der Waals surface area contributed by atoms with Crippen molar-refractivity contribution >= 4 is 12.1 Å². The van der Waals surface area contributed by atoms with Crippen LogP contribution in [0.15, 0.2) is 48.5 Å². The average molecular weight is 381 g/mol. The molecule has 1 aliphatic heterocycles. The Balaban J connectivity index is 1.50. The lowest BCUT2D eigenvalue weighted by atomic mass is 9.98. The third-order valence-electron chi connectivity index (χ3n) is 5.52. The lowest BCUT2D eigenvalue weighted by molar-refractivity contribution is -0.141. The largest absolute Gasteiger partial charge is 0.480 e. The maximum Gasteiger partial charge on any atom is 0.410 e. The Hall–Kier alpha value is -2.86. The van der Waals surface area contributed by atoms with Crippen LogP contribution in [-0.4, -0.2) is 54.0 Å². The second-order valence-corrected chi connectivity index (χ2v) is 7.12. The summed E-state index contributed by atoms with van der Waals surface area (Å²) < 4.78 is 11.1. The number of likely N-dealkylation sites (tertiary alicyclic amines) is 1. The molecule has 0 radical (unpaired) electrons. The molecule has 1 heterocycles. The Morgan fingerprint density at radius 1 is 1.07 bits per heavy atom. The van der Waals surface area contributed by atoms with E-state index in [9.17, 15) is 14.7 Å². The van der Waals surface area contributed by atoms with Gasteiger partial charge in [-0.25, -0.2) is 9.59 Å². The quantitative estimate of drug-likeness (QED) is 0.858. The van der Waals surface area contributed by atoms with Crippen molar-refractivity contribution in [3.8, 4) is 11.1 Å². The first-order valence-corrected chi connectivity index (χ1v) is 9.56. The van der Waals surface area contributed by atoms with Crippen molar-refractivity contribution in [3.05, 3.63) is 59.7 Å². The first kappa shape index (κ1) is 18.5. The molecule has 6 nitrogen and oxygen atoms in total. The number of hydrogen-bond donors (Lipinski definition) is 1. The van der Waals surface area contributed by atoms with E-state index in [4.69, 9.17) is 9.47 Å². The van der Waals surface area contributed by atoms with Gasteiger partial charge in [0, 0.05) is 18.9 Å². The maximum absolute atomic E-state index is 12.7. The van der Waals surface area contributed by atoms with Crippen LogP contribution in [0.2, 0.25) is 0 Å². The summed E-state index contributed by atoms with van der Waals surface area (Å²) in [6.45, 7) is 2.75. The first-order valence-electron chi connectivity index (χ1n) is 9.56. The number of amides is 1. The summed E-state index contributed by atoms with van der Waals surface area (Å²) in [4.78, 5) is 25.5. The van der Waals surface area contributed by atoms with Crippen LogP contribution in [-0.2, 0) is 14.3 Å². The van der Waals surface area contributed by atoms with Crippen LogP contribution in [0.25, 0.3) is 11.1 Å². The summed E-state index contributed by atoms with van der Waals surface area (Å²) >= 11 is 0. The summed E-state index contributed by atoms with van der Waals surface area (Å²) in [5, 5.41) is 9.45. The highest BCUT2D eigenvalue weighted by molar-refractivity contribution is 5.81. The molecule has 0 bridgehead atoms. The Morgan fingerprint density at radius 2 is 1.68 bits per heavy atom. The molecule has 1 fully saturated rings. The van der Waals surface area contributed by atoms with Crippen molar-refractivity contribution in [2.45, 2.75) is 31.4 Å². The number of carbonyl (C=O) groups is 2. The lowest BCUT2D eigenvalue weighted by Crippen LogP contribution is -2.41. The number of hydrogen-bond acceptors (Lipinski definition) is 4. The molecule has 1 aliphatic carbocycles. The first-order chi connectivity index (χ1) is 13.6. The van der Waals surface area contributed by atoms with Crippen molar-refractivity contribution in [1.29, 1.82) is 0 Å². The lowest BCUT2D eigenvalue weighted by Gasteiger charge is -2.22. The number of carboxylic acids is 1. The van der Waals surface area contributed by atoms with Gasteiger partial charge in [0.25, 0.3) is 0 Å². The van der Waals surface area contributed by atoms with E-state index in [1.165, 1.54) is 4.90 Å². The number of nitrogens with zero attached hydrogens (tertiary/aromatic N) is 1. The fraction of sp³-hybridized carbons (Fsp3) is 0.364. The van der Waals surface area contributed by atoms with Crippen molar-refractivity contribution in [2.75, 3.05) is 19.8 Å². The van der Waals surface area contributed by atoms with Gasteiger partial charge in [0.05, 0.1) is 12.6 Å². The molecular formula is C22H23NO5. The highest BCUT2D eigenvalue weighted by Gasteiger charge is 2.41. The van der Waals surface area contributed by atoms with Gasteiger partial charge in [0.2, 0.25) is 0 Å². The molecule has 1 saturated heterocycles. The third-order valence-corrected chi connectivity index (χ3v) is 5.52. The zero-order chi connectivity index (χ0) is 19.7. The minimum absolute atomic E-state index is 0.0510. The monoisotopic (exact) mass is 381 g/mol. The van der Waals surface area contributed by atoms with Gasteiger partial charge in [0.15, 0.2) is 0 Å². The molecule has 1 N–H and O–H groups in total. The fourth-order valence-electron chi connectivity index (χ4n) is 4.27. The van der Waals surface area contributed by atoms with Gasteiger partial charge in [-0.05, 0) is 29.2 Å². The second kappa shape index (κ2) is 7.64. The van der Waals surface area contributed by atoms with E-state index in [1.807, 2.05) is 31.2 Å². The molecule has 4 rings (SSSR count). The predicted octanol–water partition coefficient (Wildman–Crippen LogP) is 3.50. The molecule has 2 aromatic rings. The van der Waals surface area contributed by atoms with Gasteiger partial charge in [-0.3, -0.25) is 4.90 Å². The summed E-state index contributed by atoms with van der Waals surface area (Å²) in [5.41, 5.74) is 4.56. The van der Waals surface area contributed by atoms with Gasteiger partial charge >= 0.3 is 12.1 Å². The molecule has 2 aliphatic rings. The molecule has 6 heteroatoms. The molecule has 0 spiro atoms. The highest BCUT2D eigenvalue weighted by Crippen LogP contribution is 2.44. The van der Waals surface area contributed by atoms with E-state index < -0.39 is 18.1 Å². The zero-order valence-corrected chi connectivity index (χ0v) is 15.7. The van der Waals surface area contributed by atoms with Crippen LogP contribution in [0.1, 0.15) is 30.4 Å². The minimum atomic E-state index is -1.03. The van der Waals surface area contributed by atoms with E-state index in [1.54, 1.807) is 0 Å². The van der Waals surface area contributed by atoms with E-state index in [-0.39, 0.29) is 31.6 Å². The number of aliphatic carboxylic acids is 1. The maximum atomic E-state index is 12.7. The Bertz CT molecular complexity index is 851. The summed E-state index contributed by atoms with van der Waals surface area (Å²) in [5.74, 6) is -1.08. The van der Waals surface area contributed by atoms with Crippen LogP contribution in [0.5, 0.6) is 0 Å². The van der Waals surface area contributed by atoms with E-state index >= 15 is 0 Å². The zero-order valence-electron chi connectivity index (χ0n) is 15.7. The van der Waals surface area contributed by atoms with Gasteiger partial charge in [-0.15, -0.1) is 0 Å². The average Bonchev–Trinajstić information content (AvgIpc) is 3.26. The standard InChI is InChI=1S/C22H23NO5/c1-2-27-14-11-20(21(24)25)23(12-14)22(26)28-13-19-17-9-5-3-7-15(17)16-8-4-6-10-18(16)19/h3-10,14,19-20H,2,11-13H2,1H3,(H,24,25)/t14-,20+/m1/s1. The van der Waals surface area contributed by atoms with Crippen LogP contribution in [0.4, 0.5) is 4.79 Å². The van der Waals surface area contributed by atoms with Gasteiger partial charge in [0.1, 0.15) is 12.6 Å². The summed E-state index contributed by atoms with van der Waals surface area (Å²) in [6.07, 6.45) is -0.587.